The number of benzene rings is 8. The highest BCUT2D eigenvalue weighted by Gasteiger charge is 2.33. The summed E-state index contributed by atoms with van der Waals surface area (Å²) >= 11 is -3.11. The Morgan fingerprint density at radius 2 is 0.714 bits per heavy atom. The molecule has 12 heteroatoms. The molecule has 0 bridgehead atoms. The zero-order chi connectivity index (χ0) is 30.3. The third kappa shape index (κ3) is 2.82. The van der Waals surface area contributed by atoms with Crippen molar-refractivity contribution >= 4 is 86.8 Å². The van der Waals surface area contributed by atoms with E-state index in [0.717, 1.165) is 12.1 Å². The Labute approximate surface area is 234 Å². The maximum absolute atomic E-state index is 13.4. The standard InChI is InChI=1S/C30H16O8.H2O3S/c1-7-3-9(31)19-23-15(7)16-8(2)4-10(32)20-24(16)28-26-18(12(34)6-14(36)22(26)30(20)38)17-11(33)5-13(35)21(29(19)37)25(17)27(23)28;1-4(2)3/h3-6,33-38H,1-2H3;(H2,1,2,3)/p-2. The predicted molar refractivity (Wildman–Crippen MR) is 155 cm³/mol. The first kappa shape index (κ1) is 25.8. The number of aryl methyl sites for hydroxylation is 2. The van der Waals surface area contributed by atoms with E-state index < -0.39 is 56.7 Å². The van der Waals surface area contributed by atoms with Gasteiger partial charge in [-0.1, -0.05) is 0 Å². The number of hydrogen-bond donors (Lipinski definition) is 6. The highest BCUT2D eigenvalue weighted by atomic mass is 32.2. The molecule has 8 aromatic carbocycles. The number of fused-ring (bicyclic) bond motifs is 2. The monoisotopic (exact) mass is 584 g/mol. The van der Waals surface area contributed by atoms with Crippen LogP contribution in [0.5, 0.6) is 34.5 Å². The van der Waals surface area contributed by atoms with E-state index in [1.165, 1.54) is 12.1 Å². The topological polar surface area (TPSA) is 219 Å². The Bertz CT molecular complexity index is 2450. The molecule has 0 heterocycles. The van der Waals surface area contributed by atoms with E-state index in [9.17, 15) is 40.2 Å². The molecule has 8 rings (SSSR count). The van der Waals surface area contributed by atoms with Gasteiger partial charge in [0.05, 0.1) is 21.5 Å². The van der Waals surface area contributed by atoms with Crippen LogP contribution in [0, 0.1) is 13.8 Å². The number of hydrogen-bond acceptors (Lipinski definition) is 11. The van der Waals surface area contributed by atoms with Gasteiger partial charge in [-0.15, -0.1) is 11.4 Å². The average molecular weight is 585 g/mol. The summed E-state index contributed by atoms with van der Waals surface area (Å²) in [4.78, 5) is 26.7. The van der Waals surface area contributed by atoms with Crippen LogP contribution in [-0.4, -0.2) is 44.0 Å². The van der Waals surface area contributed by atoms with Crippen LogP contribution in [-0.2, 0) is 11.4 Å². The molecule has 210 valence electrons. The summed E-state index contributed by atoms with van der Waals surface area (Å²) in [6.07, 6.45) is 0. The summed E-state index contributed by atoms with van der Waals surface area (Å²) in [6, 6.07) is 4.77. The van der Waals surface area contributed by atoms with Crippen molar-refractivity contribution in [2.75, 3.05) is 0 Å². The van der Waals surface area contributed by atoms with Crippen LogP contribution in [0.25, 0.3) is 75.4 Å². The molecule has 0 spiro atoms. The van der Waals surface area contributed by atoms with Crippen molar-refractivity contribution in [1.82, 2.24) is 0 Å². The van der Waals surface area contributed by atoms with Gasteiger partial charge in [0, 0.05) is 55.2 Å². The van der Waals surface area contributed by atoms with Gasteiger partial charge in [0.2, 0.25) is 0 Å². The summed E-state index contributed by atoms with van der Waals surface area (Å²) in [6.45, 7) is 3.47. The first-order chi connectivity index (χ1) is 19.8. The molecule has 42 heavy (non-hydrogen) atoms. The fraction of sp³-hybridized carbons (Fsp3) is 0.0667. The Balaban J connectivity index is 0.000000680. The predicted octanol–water partition coefficient (Wildman–Crippen LogP) is 4.08. The molecule has 0 aromatic heterocycles. The molecule has 0 atom stereocenters. The van der Waals surface area contributed by atoms with E-state index in [-0.39, 0.29) is 43.1 Å². The maximum Gasteiger partial charge on any atom is 0.190 e. The van der Waals surface area contributed by atoms with Gasteiger partial charge in [0.25, 0.3) is 0 Å². The van der Waals surface area contributed by atoms with Crippen molar-refractivity contribution in [3.8, 4) is 34.5 Å². The Hall–Kier alpha value is -5.17. The van der Waals surface area contributed by atoms with E-state index in [4.69, 9.17) is 13.3 Å². The molecule has 0 aliphatic heterocycles. The van der Waals surface area contributed by atoms with Crippen LogP contribution in [0.15, 0.2) is 33.9 Å². The zero-order valence-electron chi connectivity index (χ0n) is 21.4. The van der Waals surface area contributed by atoms with Gasteiger partial charge >= 0.3 is 0 Å². The van der Waals surface area contributed by atoms with Crippen molar-refractivity contribution in [3.63, 3.8) is 0 Å². The van der Waals surface area contributed by atoms with Gasteiger partial charge in [0.15, 0.2) is 10.9 Å². The maximum atomic E-state index is 13.4. The third-order valence-electron chi connectivity index (χ3n) is 8.25. The van der Waals surface area contributed by atoms with Crippen molar-refractivity contribution in [2.45, 2.75) is 13.8 Å². The fourth-order valence-corrected chi connectivity index (χ4v) is 6.98. The Morgan fingerprint density at radius 1 is 0.452 bits per heavy atom. The quantitative estimate of drug-likeness (QED) is 0.0847. The second-order valence-electron chi connectivity index (χ2n) is 10.4. The minimum atomic E-state index is -3.11. The highest BCUT2D eigenvalue weighted by Crippen LogP contribution is 2.60. The molecule has 0 unspecified atom stereocenters. The van der Waals surface area contributed by atoms with E-state index in [2.05, 4.69) is 0 Å². The van der Waals surface area contributed by atoms with Crippen LogP contribution in [0.2, 0.25) is 0 Å². The minimum Gasteiger partial charge on any atom is -0.784 e. The van der Waals surface area contributed by atoms with E-state index in [1.807, 2.05) is 0 Å². The molecule has 8 aromatic rings. The molecule has 0 amide bonds. The molecular weight excluding hydrogens is 568 g/mol. The summed E-state index contributed by atoms with van der Waals surface area (Å²) in [5, 5.41) is 69.6. The smallest absolute Gasteiger partial charge is 0.190 e. The lowest BCUT2D eigenvalue weighted by Crippen LogP contribution is -2.08. The number of aromatic hydroxyl groups is 6. The molecule has 0 aliphatic rings. The van der Waals surface area contributed by atoms with Gasteiger partial charge in [-0.3, -0.25) is 13.8 Å². The molecule has 0 saturated heterocycles. The van der Waals surface area contributed by atoms with E-state index >= 15 is 0 Å². The van der Waals surface area contributed by atoms with Gasteiger partial charge in [-0.05, 0) is 47.9 Å². The molecule has 11 nitrogen and oxygen atoms in total. The van der Waals surface area contributed by atoms with Gasteiger partial charge in [0.1, 0.15) is 34.5 Å². The van der Waals surface area contributed by atoms with Crippen LogP contribution in [0.4, 0.5) is 0 Å². The largest absolute Gasteiger partial charge is 0.784 e. The van der Waals surface area contributed by atoms with Gasteiger partial charge < -0.3 is 39.7 Å². The van der Waals surface area contributed by atoms with E-state index in [1.54, 1.807) is 13.8 Å². The number of phenolic OH excluding ortho intramolecular Hbond substituents is 6. The number of rotatable bonds is 0. The molecule has 6 N–H and O–H groups in total. The second-order valence-corrected chi connectivity index (χ2v) is 10.8. The molecule has 0 radical (unpaired) electrons. The molecule has 0 aliphatic carbocycles. The van der Waals surface area contributed by atoms with Crippen molar-refractivity contribution in [1.29, 1.82) is 0 Å². The average Bonchev–Trinajstić information content (AvgIpc) is 2.87. The van der Waals surface area contributed by atoms with Crippen LogP contribution < -0.4 is 10.9 Å². The number of phenols is 6. The van der Waals surface area contributed by atoms with Gasteiger partial charge in [-0.2, -0.15) is 0 Å². The third-order valence-corrected chi connectivity index (χ3v) is 8.25. The van der Waals surface area contributed by atoms with Crippen LogP contribution in [0.3, 0.4) is 0 Å². The zero-order valence-corrected chi connectivity index (χ0v) is 22.3. The first-order valence-corrected chi connectivity index (χ1v) is 13.3. The van der Waals surface area contributed by atoms with Crippen LogP contribution in [0.1, 0.15) is 11.1 Å². The SMILES string of the molecule is Cc1cc(=O)c2c(O)c3c(O)cc(O)c4c5c(O)cc(O)c6c(O)c7c(=O)cc(C)c8c1c2c(c34)c(c65)c78.O=S([O-])[O-]. The summed E-state index contributed by atoms with van der Waals surface area (Å²) < 4.78 is 25.3. The molecule has 0 saturated carbocycles. The summed E-state index contributed by atoms with van der Waals surface area (Å²) in [5.74, 6) is -2.75. The lowest BCUT2D eigenvalue weighted by molar-refractivity contribution is 0.419. The van der Waals surface area contributed by atoms with E-state index in [0.29, 0.717) is 43.4 Å². The fourth-order valence-electron chi connectivity index (χ4n) is 6.98. The summed E-state index contributed by atoms with van der Waals surface area (Å²) in [5.41, 5.74) is 0.175. The molecule has 0 fully saturated rings. The normalized spacial score (nSPS) is 12.4. The Kier molecular flexibility index (Phi) is 4.89. The lowest BCUT2D eigenvalue weighted by atomic mass is 9.78. The Morgan fingerprint density at radius 3 is 1.05 bits per heavy atom. The lowest BCUT2D eigenvalue weighted by Gasteiger charge is -2.25. The highest BCUT2D eigenvalue weighted by molar-refractivity contribution is 7.72. The van der Waals surface area contributed by atoms with Crippen molar-refractivity contribution < 1.29 is 44.0 Å². The molecular formula is C30H16O11S-2. The first-order valence-electron chi connectivity index (χ1n) is 12.3. The van der Waals surface area contributed by atoms with Gasteiger partial charge in [-0.25, -0.2) is 0 Å². The second kappa shape index (κ2) is 7.97. The van der Waals surface area contributed by atoms with Crippen molar-refractivity contribution in [2.24, 2.45) is 0 Å². The summed E-state index contributed by atoms with van der Waals surface area (Å²) in [7, 11) is 0. The minimum absolute atomic E-state index is 0.0431. The van der Waals surface area contributed by atoms with Crippen molar-refractivity contribution in [3.05, 3.63) is 55.8 Å². The van der Waals surface area contributed by atoms with Crippen LogP contribution >= 0.6 is 0 Å².